The lowest BCUT2D eigenvalue weighted by atomic mass is 9.90. The molecule has 2 aromatic rings. The summed E-state index contributed by atoms with van der Waals surface area (Å²) in [4.78, 5) is 4.25. The van der Waals surface area contributed by atoms with Crippen molar-refractivity contribution in [1.29, 1.82) is 0 Å². The molecule has 0 aliphatic carbocycles. The maximum absolute atomic E-state index is 13.2. The molecule has 1 heterocycles. The van der Waals surface area contributed by atoms with Crippen LogP contribution in [0.15, 0.2) is 22.6 Å². The monoisotopic (exact) mass is 308 g/mol. The molecular weight excluding hydrogens is 283 g/mol. The smallest absolute Gasteiger partial charge is 0.224 e. The summed E-state index contributed by atoms with van der Waals surface area (Å²) in [5.74, 6) is 0.0335. The van der Waals surface area contributed by atoms with Gasteiger partial charge in [-0.05, 0) is 43.9 Å². The van der Waals surface area contributed by atoms with Gasteiger partial charge in [-0.3, -0.25) is 0 Å². The molecule has 0 saturated heterocycles. The van der Waals surface area contributed by atoms with E-state index in [1.165, 1.54) is 12.1 Å². The van der Waals surface area contributed by atoms with Gasteiger partial charge in [-0.1, -0.05) is 26.2 Å². The molecule has 22 heavy (non-hydrogen) atoms. The van der Waals surface area contributed by atoms with Crippen LogP contribution < -0.4 is 5.73 Å². The van der Waals surface area contributed by atoms with E-state index in [4.69, 9.17) is 10.2 Å². The van der Waals surface area contributed by atoms with E-state index >= 15 is 0 Å². The van der Waals surface area contributed by atoms with E-state index in [0.29, 0.717) is 17.6 Å². The van der Waals surface area contributed by atoms with Gasteiger partial charge in [0.2, 0.25) is 5.89 Å². The van der Waals surface area contributed by atoms with E-state index in [0.717, 1.165) is 38.5 Å². The second-order valence-electron chi connectivity index (χ2n) is 5.80. The molecule has 1 unspecified atom stereocenters. The number of oxazole rings is 1. The van der Waals surface area contributed by atoms with Gasteiger partial charge in [0.25, 0.3) is 0 Å². The summed E-state index contributed by atoms with van der Waals surface area (Å²) in [6.07, 6.45) is 5.14. The molecule has 0 aliphatic heterocycles. The van der Waals surface area contributed by atoms with Crippen LogP contribution in [0.3, 0.4) is 0 Å². The minimum absolute atomic E-state index is 0.101. The van der Waals surface area contributed by atoms with Crippen molar-refractivity contribution in [2.45, 2.75) is 51.6 Å². The molecule has 2 rings (SSSR count). The Labute approximate surface area is 130 Å². The van der Waals surface area contributed by atoms with Crippen LogP contribution in [-0.2, 0) is 0 Å². The summed E-state index contributed by atoms with van der Waals surface area (Å²) < 4.78 is 18.8. The van der Waals surface area contributed by atoms with Crippen molar-refractivity contribution in [2.75, 3.05) is 6.54 Å². The van der Waals surface area contributed by atoms with Gasteiger partial charge < -0.3 is 15.3 Å². The third-order valence-corrected chi connectivity index (χ3v) is 4.02. The van der Waals surface area contributed by atoms with Crippen LogP contribution in [0, 0.1) is 11.7 Å². The summed E-state index contributed by atoms with van der Waals surface area (Å²) >= 11 is 0. The summed E-state index contributed by atoms with van der Waals surface area (Å²) in [6, 6.07) is 4.20. The molecule has 0 spiro atoms. The van der Waals surface area contributed by atoms with E-state index in [-0.39, 0.29) is 17.6 Å². The Morgan fingerprint density at radius 3 is 2.77 bits per heavy atom. The molecule has 0 saturated carbocycles. The molecule has 0 bridgehead atoms. The number of benzene rings is 1. The van der Waals surface area contributed by atoms with Crippen molar-refractivity contribution in [3.05, 3.63) is 29.9 Å². The van der Waals surface area contributed by atoms with Gasteiger partial charge >= 0.3 is 0 Å². The van der Waals surface area contributed by atoms with Crippen LogP contribution in [-0.4, -0.2) is 16.6 Å². The molecule has 122 valence electrons. The average molecular weight is 308 g/mol. The zero-order valence-corrected chi connectivity index (χ0v) is 13.1. The van der Waals surface area contributed by atoms with Gasteiger partial charge in [-0.25, -0.2) is 9.37 Å². The van der Waals surface area contributed by atoms with Crippen molar-refractivity contribution >= 4 is 11.1 Å². The van der Waals surface area contributed by atoms with E-state index < -0.39 is 6.10 Å². The predicted molar refractivity (Wildman–Crippen MR) is 84.8 cm³/mol. The third-order valence-electron chi connectivity index (χ3n) is 4.02. The first-order valence-electron chi connectivity index (χ1n) is 8.09. The number of unbranched alkanes of at least 4 members (excludes halogenated alkanes) is 2. The lowest BCUT2D eigenvalue weighted by Gasteiger charge is -2.20. The number of aromatic nitrogens is 1. The first-order valence-corrected chi connectivity index (χ1v) is 8.09. The molecule has 0 aliphatic rings. The molecule has 5 heteroatoms. The summed E-state index contributed by atoms with van der Waals surface area (Å²) in [5.41, 5.74) is 6.49. The first-order chi connectivity index (χ1) is 10.7. The summed E-state index contributed by atoms with van der Waals surface area (Å²) in [6.45, 7) is 2.80. The van der Waals surface area contributed by atoms with Crippen molar-refractivity contribution in [2.24, 2.45) is 11.7 Å². The molecule has 2 atom stereocenters. The predicted octanol–water partition coefficient (Wildman–Crippen LogP) is 3.94. The van der Waals surface area contributed by atoms with E-state index in [2.05, 4.69) is 11.9 Å². The summed E-state index contributed by atoms with van der Waals surface area (Å²) in [5, 5.41) is 10.6. The number of rotatable bonds is 9. The van der Waals surface area contributed by atoms with E-state index in [1.54, 1.807) is 6.07 Å². The Hall–Kier alpha value is -1.46. The molecule has 0 radical (unpaired) electrons. The van der Waals surface area contributed by atoms with Crippen LogP contribution in [0.1, 0.15) is 57.4 Å². The fraction of sp³-hybridized carbons (Fsp3) is 0.588. The number of aliphatic hydroxyl groups excluding tert-OH is 1. The number of hydrogen-bond acceptors (Lipinski definition) is 4. The SMILES string of the molecule is CCCC[C@@H](CCCCN)C(O)c1nc2cc(F)ccc2o1. The Kier molecular flexibility index (Phi) is 6.34. The number of halogens is 1. The maximum atomic E-state index is 13.2. The van der Waals surface area contributed by atoms with Crippen LogP contribution in [0.4, 0.5) is 4.39 Å². The summed E-state index contributed by atoms with van der Waals surface area (Å²) in [7, 11) is 0. The second kappa shape index (κ2) is 8.25. The van der Waals surface area contributed by atoms with Crippen LogP contribution >= 0.6 is 0 Å². The van der Waals surface area contributed by atoms with Crippen molar-refractivity contribution in [1.82, 2.24) is 4.98 Å². The fourth-order valence-corrected chi connectivity index (χ4v) is 2.72. The number of nitrogens with zero attached hydrogens (tertiary/aromatic N) is 1. The highest BCUT2D eigenvalue weighted by atomic mass is 19.1. The van der Waals surface area contributed by atoms with Gasteiger partial charge in [-0.2, -0.15) is 0 Å². The van der Waals surface area contributed by atoms with Crippen molar-refractivity contribution in [3.63, 3.8) is 0 Å². The zero-order valence-electron chi connectivity index (χ0n) is 13.1. The normalized spacial score (nSPS) is 14.4. The molecule has 1 aromatic heterocycles. The Bertz CT molecular complexity index is 585. The fourth-order valence-electron chi connectivity index (χ4n) is 2.72. The van der Waals surface area contributed by atoms with Gasteiger partial charge in [-0.15, -0.1) is 0 Å². The molecule has 3 N–H and O–H groups in total. The van der Waals surface area contributed by atoms with E-state index in [9.17, 15) is 9.50 Å². The zero-order chi connectivity index (χ0) is 15.9. The van der Waals surface area contributed by atoms with Gasteiger partial charge in [0.1, 0.15) is 17.4 Å². The van der Waals surface area contributed by atoms with Crippen LogP contribution in [0.25, 0.3) is 11.1 Å². The lowest BCUT2D eigenvalue weighted by Crippen LogP contribution is -2.14. The number of fused-ring (bicyclic) bond motifs is 1. The number of hydrogen-bond donors (Lipinski definition) is 2. The highest BCUT2D eigenvalue weighted by molar-refractivity contribution is 5.72. The molecular formula is C17H25FN2O2. The Morgan fingerprint density at radius 1 is 1.27 bits per heavy atom. The Morgan fingerprint density at radius 2 is 2.05 bits per heavy atom. The molecule has 4 nitrogen and oxygen atoms in total. The highest BCUT2D eigenvalue weighted by Gasteiger charge is 2.25. The standard InChI is InChI=1S/C17H25FN2O2/c1-2-3-6-12(7-4-5-10-19)16(21)17-20-14-11-13(18)8-9-15(14)22-17/h8-9,11-12,16,21H,2-7,10,19H2,1H3/t12-,16?/m0/s1. The third kappa shape index (κ3) is 4.27. The van der Waals surface area contributed by atoms with Crippen molar-refractivity contribution < 1.29 is 13.9 Å². The number of nitrogens with two attached hydrogens (primary N) is 1. The number of aliphatic hydroxyl groups is 1. The largest absolute Gasteiger partial charge is 0.438 e. The minimum atomic E-state index is -0.750. The Balaban J connectivity index is 2.13. The van der Waals surface area contributed by atoms with Gasteiger partial charge in [0.05, 0.1) is 0 Å². The second-order valence-corrected chi connectivity index (χ2v) is 5.80. The minimum Gasteiger partial charge on any atom is -0.438 e. The average Bonchev–Trinajstić information content (AvgIpc) is 2.93. The van der Waals surface area contributed by atoms with E-state index in [1.807, 2.05) is 0 Å². The van der Waals surface area contributed by atoms with Gasteiger partial charge in [0.15, 0.2) is 5.58 Å². The first kappa shape index (κ1) is 16.9. The van der Waals surface area contributed by atoms with Gasteiger partial charge in [0, 0.05) is 6.07 Å². The highest BCUT2D eigenvalue weighted by Crippen LogP contribution is 2.32. The van der Waals surface area contributed by atoms with Crippen LogP contribution in [0.2, 0.25) is 0 Å². The maximum Gasteiger partial charge on any atom is 0.224 e. The molecule has 0 amide bonds. The topological polar surface area (TPSA) is 72.3 Å². The molecule has 0 fully saturated rings. The quantitative estimate of drug-likeness (QED) is 0.688. The van der Waals surface area contributed by atoms with Crippen molar-refractivity contribution in [3.8, 4) is 0 Å². The lowest BCUT2D eigenvalue weighted by molar-refractivity contribution is 0.0704. The molecule has 1 aromatic carbocycles. The van der Waals surface area contributed by atoms with Crippen LogP contribution in [0.5, 0.6) is 0 Å².